The van der Waals surface area contributed by atoms with Crippen molar-refractivity contribution in [2.24, 2.45) is 0 Å². The van der Waals surface area contributed by atoms with Crippen molar-refractivity contribution in [3.63, 3.8) is 0 Å². The number of aromatic amines is 1. The Bertz CT molecular complexity index is 707. The summed E-state index contributed by atoms with van der Waals surface area (Å²) in [4.78, 5) is 5.37. The lowest BCUT2D eigenvalue weighted by Gasteiger charge is -2.12. The van der Waals surface area contributed by atoms with Crippen molar-refractivity contribution < 1.29 is 0 Å². The minimum absolute atomic E-state index is 0.249. The number of pyridine rings is 1. The molecular formula is C15H15ClN4S. The molecule has 0 spiro atoms. The molecule has 3 aromatic heterocycles. The van der Waals surface area contributed by atoms with Crippen LogP contribution in [-0.2, 0) is 6.54 Å². The SMILES string of the molecule is CC(NCc1cn[nH]c1-c1cccnc1)c1ccc(Cl)s1. The number of hydrogen-bond acceptors (Lipinski definition) is 4. The van der Waals surface area contributed by atoms with E-state index < -0.39 is 0 Å². The fourth-order valence-corrected chi connectivity index (χ4v) is 3.22. The average molecular weight is 319 g/mol. The zero-order valence-electron chi connectivity index (χ0n) is 11.5. The van der Waals surface area contributed by atoms with Gasteiger partial charge in [0.25, 0.3) is 0 Å². The van der Waals surface area contributed by atoms with Gasteiger partial charge < -0.3 is 5.32 Å². The molecule has 6 heteroatoms. The van der Waals surface area contributed by atoms with Crippen LogP contribution in [0.3, 0.4) is 0 Å². The molecular weight excluding hydrogens is 304 g/mol. The summed E-state index contributed by atoms with van der Waals surface area (Å²) in [5.74, 6) is 0. The third kappa shape index (κ3) is 3.32. The van der Waals surface area contributed by atoms with Crippen LogP contribution in [0.15, 0.2) is 42.9 Å². The highest BCUT2D eigenvalue weighted by molar-refractivity contribution is 7.16. The second-order valence-electron chi connectivity index (χ2n) is 4.76. The third-order valence-corrected chi connectivity index (χ3v) is 4.70. The number of hydrogen-bond donors (Lipinski definition) is 2. The molecule has 0 saturated heterocycles. The largest absolute Gasteiger partial charge is 0.305 e. The summed E-state index contributed by atoms with van der Waals surface area (Å²) in [6.45, 7) is 2.86. The van der Waals surface area contributed by atoms with E-state index >= 15 is 0 Å². The van der Waals surface area contributed by atoms with Gasteiger partial charge in [-0.15, -0.1) is 11.3 Å². The molecule has 0 amide bonds. The molecule has 0 bridgehead atoms. The Morgan fingerprint density at radius 2 is 2.24 bits per heavy atom. The fourth-order valence-electron chi connectivity index (χ4n) is 2.13. The van der Waals surface area contributed by atoms with Crippen LogP contribution in [0.25, 0.3) is 11.3 Å². The average Bonchev–Trinajstić information content (AvgIpc) is 3.14. The minimum Gasteiger partial charge on any atom is -0.305 e. The van der Waals surface area contributed by atoms with Crippen molar-refractivity contribution in [2.45, 2.75) is 19.5 Å². The van der Waals surface area contributed by atoms with E-state index in [9.17, 15) is 0 Å². The molecule has 0 saturated carbocycles. The molecule has 0 aliphatic rings. The van der Waals surface area contributed by atoms with E-state index in [1.165, 1.54) is 4.88 Å². The van der Waals surface area contributed by atoms with Gasteiger partial charge in [-0.25, -0.2) is 0 Å². The fraction of sp³-hybridized carbons (Fsp3) is 0.200. The molecule has 0 aliphatic heterocycles. The van der Waals surface area contributed by atoms with Gasteiger partial charge in [-0.3, -0.25) is 10.1 Å². The van der Waals surface area contributed by atoms with E-state index in [4.69, 9.17) is 11.6 Å². The smallest absolute Gasteiger partial charge is 0.0931 e. The summed E-state index contributed by atoms with van der Waals surface area (Å²) in [6, 6.07) is 8.18. The number of halogens is 1. The highest BCUT2D eigenvalue weighted by Gasteiger charge is 2.11. The number of aromatic nitrogens is 3. The van der Waals surface area contributed by atoms with Crippen molar-refractivity contribution in [1.82, 2.24) is 20.5 Å². The molecule has 21 heavy (non-hydrogen) atoms. The molecule has 1 unspecified atom stereocenters. The number of nitrogens with one attached hydrogen (secondary N) is 2. The van der Waals surface area contributed by atoms with Gasteiger partial charge in [0.05, 0.1) is 16.2 Å². The maximum absolute atomic E-state index is 5.98. The Morgan fingerprint density at radius 1 is 1.33 bits per heavy atom. The van der Waals surface area contributed by atoms with Crippen molar-refractivity contribution in [1.29, 1.82) is 0 Å². The van der Waals surface area contributed by atoms with Gasteiger partial charge >= 0.3 is 0 Å². The zero-order valence-corrected chi connectivity index (χ0v) is 13.1. The quantitative estimate of drug-likeness (QED) is 0.746. The standard InChI is InChI=1S/C15H15ClN4S/c1-10(13-4-5-14(16)21-13)18-8-12-9-19-20-15(12)11-3-2-6-17-7-11/h2-7,9-10,18H,8H2,1H3,(H,19,20). The van der Waals surface area contributed by atoms with Crippen LogP contribution < -0.4 is 5.32 Å². The number of H-pyrrole nitrogens is 1. The summed E-state index contributed by atoms with van der Waals surface area (Å²) < 4.78 is 0.818. The molecule has 3 rings (SSSR count). The predicted molar refractivity (Wildman–Crippen MR) is 86.4 cm³/mol. The van der Waals surface area contributed by atoms with Gasteiger partial charge in [0.15, 0.2) is 0 Å². The highest BCUT2D eigenvalue weighted by Crippen LogP contribution is 2.27. The van der Waals surface area contributed by atoms with Crippen LogP contribution in [-0.4, -0.2) is 15.2 Å². The minimum atomic E-state index is 0.249. The van der Waals surface area contributed by atoms with Gasteiger partial charge in [-0.2, -0.15) is 5.10 Å². The van der Waals surface area contributed by atoms with Crippen molar-refractivity contribution in [3.05, 3.63) is 57.6 Å². The molecule has 0 radical (unpaired) electrons. The van der Waals surface area contributed by atoms with Crippen molar-refractivity contribution in [2.75, 3.05) is 0 Å². The Kier molecular flexibility index (Phi) is 4.34. The van der Waals surface area contributed by atoms with Crippen LogP contribution in [0.1, 0.15) is 23.4 Å². The van der Waals surface area contributed by atoms with Gasteiger partial charge in [0.2, 0.25) is 0 Å². The molecule has 0 aliphatic carbocycles. The van der Waals surface area contributed by atoms with Crippen molar-refractivity contribution >= 4 is 22.9 Å². The topological polar surface area (TPSA) is 53.6 Å². The molecule has 1 atom stereocenters. The van der Waals surface area contributed by atoms with Gasteiger partial charge in [-0.1, -0.05) is 11.6 Å². The molecule has 2 N–H and O–H groups in total. The van der Waals surface area contributed by atoms with Crippen molar-refractivity contribution in [3.8, 4) is 11.3 Å². The lowest BCUT2D eigenvalue weighted by molar-refractivity contribution is 0.583. The first-order valence-electron chi connectivity index (χ1n) is 6.65. The van der Waals surface area contributed by atoms with E-state index in [0.717, 1.165) is 27.7 Å². The number of nitrogens with zero attached hydrogens (tertiary/aromatic N) is 2. The molecule has 0 aromatic carbocycles. The number of rotatable bonds is 5. The van der Waals surface area contributed by atoms with E-state index in [-0.39, 0.29) is 6.04 Å². The van der Waals surface area contributed by atoms with E-state index in [0.29, 0.717) is 0 Å². The van der Waals surface area contributed by atoms with E-state index in [1.54, 1.807) is 17.5 Å². The van der Waals surface area contributed by atoms with Crippen LogP contribution in [0.4, 0.5) is 0 Å². The Morgan fingerprint density at radius 3 is 2.95 bits per heavy atom. The summed E-state index contributed by atoms with van der Waals surface area (Å²) in [5.41, 5.74) is 3.17. The normalized spacial score (nSPS) is 12.5. The maximum Gasteiger partial charge on any atom is 0.0931 e. The first kappa shape index (κ1) is 14.3. The van der Waals surface area contributed by atoms with Crippen LogP contribution in [0, 0.1) is 0 Å². The molecule has 3 aromatic rings. The van der Waals surface area contributed by atoms with E-state index in [2.05, 4.69) is 33.5 Å². The highest BCUT2D eigenvalue weighted by atomic mass is 35.5. The number of thiophene rings is 1. The first-order valence-corrected chi connectivity index (χ1v) is 7.85. The van der Waals surface area contributed by atoms with Gasteiger partial charge in [0, 0.05) is 41.0 Å². The summed E-state index contributed by atoms with van der Waals surface area (Å²) in [6.07, 6.45) is 5.45. The van der Waals surface area contributed by atoms with E-state index in [1.807, 2.05) is 30.6 Å². The zero-order chi connectivity index (χ0) is 14.7. The van der Waals surface area contributed by atoms with Gasteiger partial charge in [0.1, 0.15) is 0 Å². The summed E-state index contributed by atoms with van der Waals surface area (Å²) >= 11 is 7.58. The summed E-state index contributed by atoms with van der Waals surface area (Å²) in [5, 5.41) is 10.7. The molecule has 108 valence electrons. The third-order valence-electron chi connectivity index (χ3n) is 3.29. The lowest BCUT2D eigenvalue weighted by atomic mass is 10.1. The lowest BCUT2D eigenvalue weighted by Crippen LogP contribution is -2.17. The molecule has 4 nitrogen and oxygen atoms in total. The predicted octanol–water partition coefficient (Wildman–Crippen LogP) is 4.04. The Hall–Kier alpha value is -1.69. The Labute approximate surface area is 132 Å². The second-order valence-corrected chi connectivity index (χ2v) is 6.50. The van der Waals surface area contributed by atoms with Crippen LogP contribution >= 0.6 is 22.9 Å². The summed E-state index contributed by atoms with van der Waals surface area (Å²) in [7, 11) is 0. The van der Waals surface area contributed by atoms with Gasteiger partial charge in [-0.05, 0) is 31.2 Å². The van der Waals surface area contributed by atoms with Crippen LogP contribution in [0.5, 0.6) is 0 Å². The Balaban J connectivity index is 1.70. The molecule has 3 heterocycles. The molecule has 0 fully saturated rings. The second kappa shape index (κ2) is 6.39. The monoisotopic (exact) mass is 318 g/mol. The van der Waals surface area contributed by atoms with Crippen LogP contribution in [0.2, 0.25) is 4.34 Å². The maximum atomic E-state index is 5.98. The first-order chi connectivity index (χ1) is 10.2.